The van der Waals surface area contributed by atoms with Crippen LogP contribution in [0, 0.1) is 5.92 Å². The van der Waals surface area contributed by atoms with Gasteiger partial charge in [-0.2, -0.15) is 0 Å². The maximum atomic E-state index is 4.46. The Bertz CT molecular complexity index is 370. The number of anilines is 1. The molecule has 3 nitrogen and oxygen atoms in total. The summed E-state index contributed by atoms with van der Waals surface area (Å²) in [6.45, 7) is 3.32. The molecule has 0 spiro atoms. The molecule has 18 heavy (non-hydrogen) atoms. The van der Waals surface area contributed by atoms with Crippen molar-refractivity contribution in [2.24, 2.45) is 5.92 Å². The minimum Gasteiger partial charge on any atom is -0.388 e. The molecule has 0 radical (unpaired) electrons. The third-order valence-electron chi connectivity index (χ3n) is 4.13. The summed E-state index contributed by atoms with van der Waals surface area (Å²) in [5.41, 5.74) is 2.30. The fourth-order valence-corrected chi connectivity index (χ4v) is 2.79. The van der Waals surface area contributed by atoms with E-state index in [1.165, 1.54) is 25.7 Å². The van der Waals surface area contributed by atoms with Gasteiger partial charge in [-0.05, 0) is 50.8 Å². The summed E-state index contributed by atoms with van der Waals surface area (Å²) < 4.78 is 0. The van der Waals surface area contributed by atoms with Crippen molar-refractivity contribution in [3.05, 3.63) is 24.0 Å². The Morgan fingerprint density at radius 2 is 2.06 bits per heavy atom. The Morgan fingerprint density at radius 1 is 1.33 bits per heavy atom. The predicted molar refractivity (Wildman–Crippen MR) is 76.7 cm³/mol. The van der Waals surface area contributed by atoms with Crippen LogP contribution in [0.2, 0.25) is 0 Å². The fraction of sp³-hybridized carbons (Fsp3) is 0.667. The van der Waals surface area contributed by atoms with Crippen molar-refractivity contribution in [3.8, 4) is 0 Å². The molecule has 100 valence electrons. The number of nitrogens with one attached hydrogen (secondary N) is 1. The average molecular weight is 247 g/mol. The molecule has 0 unspecified atom stereocenters. The van der Waals surface area contributed by atoms with Crippen molar-refractivity contribution in [3.63, 3.8) is 0 Å². The van der Waals surface area contributed by atoms with Gasteiger partial charge in [-0.15, -0.1) is 0 Å². The molecular formula is C15H25N3. The monoisotopic (exact) mass is 247 g/mol. The maximum absolute atomic E-state index is 4.46. The predicted octanol–water partition coefficient (Wildman–Crippen LogP) is 3.13. The number of hydrogen-bond acceptors (Lipinski definition) is 3. The highest BCUT2D eigenvalue weighted by atomic mass is 15.1. The molecule has 1 fully saturated rings. The molecule has 2 rings (SSSR count). The van der Waals surface area contributed by atoms with Crippen molar-refractivity contribution in [2.75, 3.05) is 19.4 Å². The van der Waals surface area contributed by atoms with Crippen LogP contribution in [0.5, 0.6) is 0 Å². The van der Waals surface area contributed by atoms with Crippen molar-refractivity contribution < 1.29 is 0 Å². The summed E-state index contributed by atoms with van der Waals surface area (Å²) in [4.78, 5) is 6.92. The molecule has 3 heteroatoms. The normalized spacial score (nSPS) is 24.2. The van der Waals surface area contributed by atoms with Crippen LogP contribution in [0.15, 0.2) is 18.3 Å². The summed E-state index contributed by atoms with van der Waals surface area (Å²) in [5.74, 6) is 0.917. The lowest BCUT2D eigenvalue weighted by molar-refractivity contribution is 0.162. The first-order valence-corrected chi connectivity index (χ1v) is 7.02. The second-order valence-corrected chi connectivity index (χ2v) is 5.61. The van der Waals surface area contributed by atoms with Crippen molar-refractivity contribution in [1.29, 1.82) is 0 Å². The van der Waals surface area contributed by atoms with E-state index in [9.17, 15) is 0 Å². The highest BCUT2D eigenvalue weighted by Gasteiger charge is 2.21. The molecule has 0 aliphatic heterocycles. The molecule has 1 aliphatic carbocycles. The Labute approximate surface area is 111 Å². The van der Waals surface area contributed by atoms with Crippen molar-refractivity contribution in [1.82, 2.24) is 9.88 Å². The molecule has 1 aromatic rings. The van der Waals surface area contributed by atoms with E-state index in [0.29, 0.717) is 0 Å². The van der Waals surface area contributed by atoms with Crippen LogP contribution in [0.4, 0.5) is 5.69 Å². The summed E-state index contributed by atoms with van der Waals surface area (Å²) in [6, 6.07) is 4.88. The molecular weight excluding hydrogens is 222 g/mol. The Morgan fingerprint density at radius 3 is 2.72 bits per heavy atom. The standard InChI is InChI=1S/C15H25N3/c1-12-4-6-15(7-5-12)18(3)11-14-10-13(16-2)8-9-17-14/h8-10,12,15H,4-7,11H2,1-3H3,(H,16,17). The summed E-state index contributed by atoms with van der Waals surface area (Å²) in [7, 11) is 4.18. The fourth-order valence-electron chi connectivity index (χ4n) is 2.79. The molecule has 1 heterocycles. The first kappa shape index (κ1) is 13.3. The van der Waals surface area contributed by atoms with Gasteiger partial charge in [0.25, 0.3) is 0 Å². The highest BCUT2D eigenvalue weighted by Crippen LogP contribution is 2.27. The second-order valence-electron chi connectivity index (χ2n) is 5.61. The smallest absolute Gasteiger partial charge is 0.0564 e. The maximum Gasteiger partial charge on any atom is 0.0564 e. The number of rotatable bonds is 4. The zero-order valence-corrected chi connectivity index (χ0v) is 11.8. The van der Waals surface area contributed by atoms with Crippen LogP contribution < -0.4 is 5.32 Å². The largest absolute Gasteiger partial charge is 0.388 e. The quantitative estimate of drug-likeness (QED) is 0.886. The van der Waals surface area contributed by atoms with Gasteiger partial charge >= 0.3 is 0 Å². The number of hydrogen-bond donors (Lipinski definition) is 1. The summed E-state index contributed by atoms with van der Waals surface area (Å²) >= 11 is 0. The zero-order valence-electron chi connectivity index (χ0n) is 11.8. The van der Waals surface area contributed by atoms with Gasteiger partial charge in [-0.1, -0.05) is 6.92 Å². The number of pyridine rings is 1. The molecule has 1 N–H and O–H groups in total. The molecule has 0 atom stereocenters. The molecule has 1 aromatic heterocycles. The lowest BCUT2D eigenvalue weighted by Crippen LogP contribution is -2.34. The number of aromatic nitrogens is 1. The topological polar surface area (TPSA) is 28.2 Å². The molecule has 0 saturated heterocycles. The van der Waals surface area contributed by atoms with Crippen LogP contribution >= 0.6 is 0 Å². The van der Waals surface area contributed by atoms with Gasteiger partial charge in [0.1, 0.15) is 0 Å². The highest BCUT2D eigenvalue weighted by molar-refractivity contribution is 5.42. The van der Waals surface area contributed by atoms with Gasteiger partial charge in [0.15, 0.2) is 0 Å². The third kappa shape index (κ3) is 3.45. The van der Waals surface area contributed by atoms with E-state index in [4.69, 9.17) is 0 Å². The first-order valence-electron chi connectivity index (χ1n) is 7.02. The Hall–Kier alpha value is -1.09. The summed E-state index contributed by atoms with van der Waals surface area (Å²) in [5, 5.41) is 3.17. The van der Waals surface area contributed by atoms with Gasteiger partial charge in [0.2, 0.25) is 0 Å². The molecule has 0 bridgehead atoms. The van der Waals surface area contributed by atoms with Crippen LogP contribution in [0.1, 0.15) is 38.3 Å². The summed E-state index contributed by atoms with van der Waals surface area (Å²) in [6.07, 6.45) is 7.31. The van der Waals surface area contributed by atoms with E-state index in [-0.39, 0.29) is 0 Å². The zero-order chi connectivity index (χ0) is 13.0. The van der Waals surface area contributed by atoms with Crippen LogP contribution in [-0.4, -0.2) is 30.0 Å². The SMILES string of the molecule is CNc1ccnc(CN(C)C2CCC(C)CC2)c1. The van der Waals surface area contributed by atoms with E-state index in [2.05, 4.69) is 35.2 Å². The van der Waals surface area contributed by atoms with E-state index < -0.39 is 0 Å². The van der Waals surface area contributed by atoms with E-state index >= 15 is 0 Å². The van der Waals surface area contributed by atoms with E-state index in [0.717, 1.165) is 29.9 Å². The van der Waals surface area contributed by atoms with Crippen LogP contribution in [-0.2, 0) is 6.54 Å². The molecule has 1 saturated carbocycles. The lowest BCUT2D eigenvalue weighted by atomic mass is 9.87. The third-order valence-corrected chi connectivity index (χ3v) is 4.13. The Kier molecular flexibility index (Phi) is 4.59. The molecule has 0 amide bonds. The minimum atomic E-state index is 0.737. The number of nitrogens with zero attached hydrogens (tertiary/aromatic N) is 2. The van der Waals surface area contributed by atoms with E-state index in [1.54, 1.807) is 0 Å². The van der Waals surface area contributed by atoms with E-state index in [1.807, 2.05) is 19.3 Å². The van der Waals surface area contributed by atoms with Gasteiger partial charge in [-0.25, -0.2) is 0 Å². The van der Waals surface area contributed by atoms with Crippen molar-refractivity contribution in [2.45, 2.75) is 45.2 Å². The van der Waals surface area contributed by atoms with Crippen molar-refractivity contribution >= 4 is 5.69 Å². The molecule has 1 aliphatic rings. The van der Waals surface area contributed by atoms with Gasteiger partial charge < -0.3 is 5.32 Å². The average Bonchev–Trinajstić information content (AvgIpc) is 2.39. The molecule has 0 aromatic carbocycles. The van der Waals surface area contributed by atoms with Crippen LogP contribution in [0.25, 0.3) is 0 Å². The lowest BCUT2D eigenvalue weighted by Gasteiger charge is -2.33. The van der Waals surface area contributed by atoms with Gasteiger partial charge in [-0.3, -0.25) is 9.88 Å². The first-order chi connectivity index (χ1) is 8.69. The second kappa shape index (κ2) is 6.19. The van der Waals surface area contributed by atoms with Gasteiger partial charge in [0.05, 0.1) is 5.69 Å². The van der Waals surface area contributed by atoms with Crippen LogP contribution in [0.3, 0.4) is 0 Å². The minimum absolute atomic E-state index is 0.737. The van der Waals surface area contributed by atoms with Gasteiger partial charge in [0, 0.05) is 31.5 Å². The Balaban J connectivity index is 1.91.